The maximum Gasteiger partial charge on any atom is 0.326 e. The lowest BCUT2D eigenvalue weighted by Crippen LogP contribution is -2.60. The molecule has 0 fully saturated rings. The van der Waals surface area contributed by atoms with E-state index in [1.165, 1.54) is 38.1 Å². The highest BCUT2D eigenvalue weighted by Gasteiger charge is 2.34. The number of carbonyl (C=O) groups is 10. The number of nitrogens with two attached hydrogens (primary N) is 2. The lowest BCUT2D eigenvalue weighted by atomic mass is 10.0. The summed E-state index contributed by atoms with van der Waals surface area (Å²) >= 11 is 0. The van der Waals surface area contributed by atoms with E-state index in [2.05, 4.69) is 31.9 Å². The molecule has 0 saturated carbocycles. The van der Waals surface area contributed by atoms with Gasteiger partial charge < -0.3 is 68.9 Å². The number of rotatable bonds is 25. The van der Waals surface area contributed by atoms with Crippen LogP contribution in [0.1, 0.15) is 51.5 Å². The van der Waals surface area contributed by atoms with E-state index in [9.17, 15) is 68.4 Å². The highest BCUT2D eigenvalue weighted by atomic mass is 16.4. The smallest absolute Gasteiger partial charge is 0.326 e. The minimum atomic E-state index is -1.85. The molecule has 0 bridgehead atoms. The van der Waals surface area contributed by atoms with Gasteiger partial charge in [-0.3, -0.25) is 43.2 Å². The molecule has 0 saturated heterocycles. The number of aliphatic hydroxyl groups excluding tert-OH is 1. The van der Waals surface area contributed by atoms with Crippen LogP contribution < -0.4 is 43.4 Å². The Hall–Kier alpha value is -6.36. The third kappa shape index (κ3) is 17.6. The van der Waals surface area contributed by atoms with Crippen molar-refractivity contribution in [3.8, 4) is 5.75 Å². The zero-order chi connectivity index (χ0) is 42.7. The van der Waals surface area contributed by atoms with Crippen molar-refractivity contribution >= 4 is 59.3 Å². The van der Waals surface area contributed by atoms with Crippen LogP contribution in [0.15, 0.2) is 24.3 Å². The Morgan fingerprint density at radius 1 is 0.661 bits per heavy atom. The standard InChI is InChI=1S/C33H48N8O15/c1-15(2)27(33(55)56)41-29(51)19(8-9-23(35)44)38-32(54)22(14-42)40-30(52)20(11-16-3-5-17(43)6-4-16)39-31(53)21(12-26(48)49)37-24(45)13-36-28(50)18(34)7-10-25(46)47/h3-6,15,18-22,27,42-43H,7-14,34H2,1-2H3,(H2,35,44)(H,36,50)(H,37,45)(H,38,54)(H,39,53)(H,40,52)(H,41,51)(H,46,47)(H,48,49)(H,55,56)/t18-,19-,20-,21-,22-,27-/m0/s1. The number of carboxylic acid groups (broad SMARTS) is 3. The van der Waals surface area contributed by atoms with Gasteiger partial charge in [-0.1, -0.05) is 26.0 Å². The molecule has 1 aromatic rings. The molecule has 23 nitrogen and oxygen atoms in total. The summed E-state index contributed by atoms with van der Waals surface area (Å²) in [6, 6.07) is -4.38. The van der Waals surface area contributed by atoms with Crippen molar-refractivity contribution in [1.82, 2.24) is 31.9 Å². The normalized spacial score (nSPS) is 14.0. The summed E-state index contributed by atoms with van der Waals surface area (Å²) in [6.07, 6.45) is -2.92. The van der Waals surface area contributed by atoms with Gasteiger partial charge in [0.1, 0.15) is 36.0 Å². The second kappa shape index (κ2) is 23.4. The molecular formula is C33H48N8O15. The summed E-state index contributed by atoms with van der Waals surface area (Å²) in [6.45, 7) is 1.11. The maximum absolute atomic E-state index is 13.6. The predicted octanol–water partition coefficient (Wildman–Crippen LogP) is -4.86. The lowest BCUT2D eigenvalue weighted by molar-refractivity contribution is -0.144. The summed E-state index contributed by atoms with van der Waals surface area (Å²) in [7, 11) is 0. The van der Waals surface area contributed by atoms with Gasteiger partial charge in [0.05, 0.1) is 25.6 Å². The van der Waals surface area contributed by atoms with E-state index in [0.29, 0.717) is 5.56 Å². The van der Waals surface area contributed by atoms with Gasteiger partial charge in [-0.25, -0.2) is 4.79 Å². The minimum absolute atomic E-state index is 0.159. The Labute approximate surface area is 319 Å². The molecule has 0 unspecified atom stereocenters. The molecule has 6 atom stereocenters. The fraction of sp³-hybridized carbons (Fsp3) is 0.515. The van der Waals surface area contributed by atoms with Crippen LogP contribution in [0.25, 0.3) is 0 Å². The number of hydrogen-bond donors (Lipinski definition) is 13. The summed E-state index contributed by atoms with van der Waals surface area (Å²) in [4.78, 5) is 123. The Morgan fingerprint density at radius 2 is 1.20 bits per heavy atom. The van der Waals surface area contributed by atoms with Crippen molar-refractivity contribution in [3.05, 3.63) is 29.8 Å². The molecule has 1 rings (SSSR count). The molecule has 23 heteroatoms. The quantitative estimate of drug-likeness (QED) is 0.0441. The van der Waals surface area contributed by atoms with Crippen molar-refractivity contribution < 1.29 is 73.5 Å². The molecule has 0 aromatic heterocycles. The summed E-state index contributed by atoms with van der Waals surface area (Å²) in [5.41, 5.74) is 11.1. The van der Waals surface area contributed by atoms with Crippen LogP contribution in [0.5, 0.6) is 5.75 Å². The number of phenolic OH excluding ortho intramolecular Hbond substituents is 1. The number of primary amides is 1. The van der Waals surface area contributed by atoms with E-state index in [-0.39, 0.29) is 18.6 Å². The molecule has 0 aliphatic carbocycles. The fourth-order valence-corrected chi connectivity index (χ4v) is 4.75. The Morgan fingerprint density at radius 3 is 1.71 bits per heavy atom. The number of nitrogens with one attached hydrogen (secondary N) is 6. The van der Waals surface area contributed by atoms with Gasteiger partial charge in [-0.05, 0) is 36.5 Å². The van der Waals surface area contributed by atoms with Crippen molar-refractivity contribution in [2.75, 3.05) is 13.2 Å². The monoisotopic (exact) mass is 796 g/mol. The van der Waals surface area contributed by atoms with Crippen LogP contribution in [0.4, 0.5) is 0 Å². The van der Waals surface area contributed by atoms with Crippen LogP contribution in [0.2, 0.25) is 0 Å². The first kappa shape index (κ1) is 47.7. The number of benzene rings is 1. The van der Waals surface area contributed by atoms with E-state index >= 15 is 0 Å². The highest BCUT2D eigenvalue weighted by molar-refractivity contribution is 5.97. The molecule has 0 spiro atoms. The van der Waals surface area contributed by atoms with Gasteiger partial charge in [0.15, 0.2) is 0 Å². The summed E-state index contributed by atoms with van der Waals surface area (Å²) in [5.74, 6) is -12.4. The van der Waals surface area contributed by atoms with Crippen LogP contribution in [-0.2, 0) is 54.4 Å². The zero-order valence-corrected chi connectivity index (χ0v) is 30.5. The van der Waals surface area contributed by atoms with Gasteiger partial charge in [-0.2, -0.15) is 0 Å². The lowest BCUT2D eigenvalue weighted by Gasteiger charge is -2.26. The topological polar surface area (TPSA) is 396 Å². The number of phenols is 1. The molecule has 15 N–H and O–H groups in total. The first-order valence-electron chi connectivity index (χ1n) is 17.0. The van der Waals surface area contributed by atoms with Gasteiger partial charge in [-0.15, -0.1) is 0 Å². The molecule has 0 heterocycles. The van der Waals surface area contributed by atoms with Crippen molar-refractivity contribution in [1.29, 1.82) is 0 Å². The van der Waals surface area contributed by atoms with E-state index < -0.39 is 140 Å². The number of amides is 7. The van der Waals surface area contributed by atoms with E-state index in [1.54, 1.807) is 0 Å². The molecule has 310 valence electrons. The first-order chi connectivity index (χ1) is 26.1. The van der Waals surface area contributed by atoms with Crippen LogP contribution >= 0.6 is 0 Å². The van der Waals surface area contributed by atoms with E-state index in [1.807, 2.05) is 0 Å². The number of aliphatic hydroxyl groups is 1. The molecule has 0 aliphatic rings. The van der Waals surface area contributed by atoms with Crippen LogP contribution in [0, 0.1) is 5.92 Å². The predicted molar refractivity (Wildman–Crippen MR) is 190 cm³/mol. The second-order valence-electron chi connectivity index (χ2n) is 12.8. The number of carboxylic acids is 3. The third-order valence-corrected chi connectivity index (χ3v) is 7.83. The summed E-state index contributed by atoms with van der Waals surface area (Å²) < 4.78 is 0. The Bertz CT molecular complexity index is 1600. The Balaban J connectivity index is 3.26. The SMILES string of the molecule is CC(C)[C@H](NC(=O)[C@H](CCC(N)=O)NC(=O)[C@H](CO)NC(=O)[C@H](Cc1ccc(O)cc1)NC(=O)[C@H](CC(=O)O)NC(=O)CNC(=O)[C@@H](N)CCC(=O)O)C(=O)O. The van der Waals surface area contributed by atoms with Crippen LogP contribution in [0.3, 0.4) is 0 Å². The molecule has 1 aromatic carbocycles. The molecule has 0 aliphatic heterocycles. The van der Waals surface area contributed by atoms with Crippen LogP contribution in [-0.4, -0.2) is 134 Å². The Kier molecular flexibility index (Phi) is 19.9. The minimum Gasteiger partial charge on any atom is -0.508 e. The van der Waals surface area contributed by atoms with Crippen molar-refractivity contribution in [2.24, 2.45) is 17.4 Å². The number of carbonyl (C=O) groups excluding carboxylic acids is 7. The van der Waals surface area contributed by atoms with Gasteiger partial charge in [0.25, 0.3) is 0 Å². The third-order valence-electron chi connectivity index (χ3n) is 7.83. The summed E-state index contributed by atoms with van der Waals surface area (Å²) in [5, 5.41) is 60.5. The molecular weight excluding hydrogens is 748 g/mol. The average molecular weight is 797 g/mol. The number of hydrogen-bond acceptors (Lipinski definition) is 13. The fourth-order valence-electron chi connectivity index (χ4n) is 4.75. The maximum atomic E-state index is 13.6. The van der Waals surface area contributed by atoms with E-state index in [4.69, 9.17) is 16.6 Å². The zero-order valence-electron chi connectivity index (χ0n) is 30.5. The number of aromatic hydroxyl groups is 1. The largest absolute Gasteiger partial charge is 0.508 e. The average Bonchev–Trinajstić information content (AvgIpc) is 3.11. The van der Waals surface area contributed by atoms with Crippen molar-refractivity contribution in [2.45, 2.75) is 88.6 Å². The van der Waals surface area contributed by atoms with Gasteiger partial charge >= 0.3 is 17.9 Å². The highest BCUT2D eigenvalue weighted by Crippen LogP contribution is 2.12. The van der Waals surface area contributed by atoms with Crippen molar-refractivity contribution in [3.63, 3.8) is 0 Å². The van der Waals surface area contributed by atoms with E-state index in [0.717, 1.165) is 0 Å². The second-order valence-corrected chi connectivity index (χ2v) is 12.8. The molecule has 56 heavy (non-hydrogen) atoms. The van der Waals surface area contributed by atoms with Gasteiger partial charge in [0, 0.05) is 19.3 Å². The number of aliphatic carboxylic acids is 3. The first-order valence-corrected chi connectivity index (χ1v) is 17.0. The molecule has 0 radical (unpaired) electrons. The van der Waals surface area contributed by atoms with Gasteiger partial charge in [0.2, 0.25) is 41.4 Å². The molecule has 7 amide bonds.